The molecular formula is C13H25N3O. The average Bonchev–Trinajstić information content (AvgIpc) is 2.81. The quantitative estimate of drug-likeness (QED) is 0.763. The lowest BCUT2D eigenvalue weighted by atomic mass is 10.1. The third-order valence-corrected chi connectivity index (χ3v) is 4.13. The van der Waals surface area contributed by atoms with Gasteiger partial charge in [0.15, 0.2) is 0 Å². The number of carbonyl (C=O) groups is 1. The maximum absolute atomic E-state index is 12.2. The second-order valence-electron chi connectivity index (χ2n) is 5.46. The van der Waals surface area contributed by atoms with Crippen LogP contribution in [0, 0.1) is 0 Å². The van der Waals surface area contributed by atoms with Crippen molar-refractivity contribution in [2.75, 3.05) is 19.6 Å². The van der Waals surface area contributed by atoms with Crippen molar-refractivity contribution in [3.8, 4) is 0 Å². The molecule has 2 atom stereocenters. The Morgan fingerprint density at radius 1 is 1.41 bits per heavy atom. The van der Waals surface area contributed by atoms with Crippen LogP contribution in [-0.2, 0) is 4.79 Å². The summed E-state index contributed by atoms with van der Waals surface area (Å²) in [6.45, 7) is 7.17. The van der Waals surface area contributed by atoms with Gasteiger partial charge in [-0.1, -0.05) is 12.8 Å². The Balaban J connectivity index is 1.84. The van der Waals surface area contributed by atoms with Crippen LogP contribution in [0.15, 0.2) is 0 Å². The van der Waals surface area contributed by atoms with Crippen LogP contribution in [0.5, 0.6) is 0 Å². The summed E-state index contributed by atoms with van der Waals surface area (Å²) in [6.07, 6.45) is 4.86. The summed E-state index contributed by atoms with van der Waals surface area (Å²) in [7, 11) is 0. The monoisotopic (exact) mass is 239 g/mol. The molecule has 17 heavy (non-hydrogen) atoms. The van der Waals surface area contributed by atoms with E-state index in [1.807, 2.05) is 6.92 Å². The van der Waals surface area contributed by atoms with Gasteiger partial charge in [-0.3, -0.25) is 9.69 Å². The van der Waals surface area contributed by atoms with E-state index in [0.717, 1.165) is 32.5 Å². The maximum Gasteiger partial charge on any atom is 0.237 e. The first-order valence-electron chi connectivity index (χ1n) is 6.95. The molecule has 4 heteroatoms. The molecule has 1 aliphatic carbocycles. The second-order valence-corrected chi connectivity index (χ2v) is 5.46. The van der Waals surface area contributed by atoms with Crippen molar-refractivity contribution in [3.05, 3.63) is 0 Å². The summed E-state index contributed by atoms with van der Waals surface area (Å²) in [6, 6.07) is 0.893. The largest absolute Gasteiger partial charge is 0.352 e. The van der Waals surface area contributed by atoms with Gasteiger partial charge in [0.05, 0.1) is 6.04 Å². The van der Waals surface area contributed by atoms with Crippen molar-refractivity contribution >= 4 is 5.91 Å². The molecule has 0 bridgehead atoms. The number of carbonyl (C=O) groups excluding carboxylic acids is 1. The molecular weight excluding hydrogens is 214 g/mol. The van der Waals surface area contributed by atoms with Crippen molar-refractivity contribution in [2.45, 2.75) is 57.7 Å². The SMILES string of the molecule is CC1CNCCN1C(C)C(=O)NC1CCCC1. The van der Waals surface area contributed by atoms with E-state index in [4.69, 9.17) is 0 Å². The molecule has 2 fully saturated rings. The van der Waals surface area contributed by atoms with E-state index in [-0.39, 0.29) is 11.9 Å². The standard InChI is InChI=1S/C13H25N3O/c1-10-9-14-7-8-16(10)11(2)13(17)15-12-5-3-4-6-12/h10-12,14H,3-9H2,1-2H3,(H,15,17). The van der Waals surface area contributed by atoms with Gasteiger partial charge in [-0.2, -0.15) is 0 Å². The number of amides is 1. The molecule has 0 radical (unpaired) electrons. The number of rotatable bonds is 3. The predicted molar refractivity (Wildman–Crippen MR) is 68.9 cm³/mol. The first kappa shape index (κ1) is 12.8. The van der Waals surface area contributed by atoms with Gasteiger partial charge in [0.25, 0.3) is 0 Å². The Kier molecular flexibility index (Phi) is 4.40. The molecule has 0 aromatic rings. The fraction of sp³-hybridized carbons (Fsp3) is 0.923. The van der Waals surface area contributed by atoms with Gasteiger partial charge in [-0.25, -0.2) is 0 Å². The van der Waals surface area contributed by atoms with Crippen LogP contribution < -0.4 is 10.6 Å². The minimum atomic E-state index is 0.00713. The minimum absolute atomic E-state index is 0.00713. The van der Waals surface area contributed by atoms with E-state index >= 15 is 0 Å². The second kappa shape index (κ2) is 5.83. The molecule has 0 spiro atoms. The topological polar surface area (TPSA) is 44.4 Å². The van der Waals surface area contributed by atoms with Crippen molar-refractivity contribution in [1.82, 2.24) is 15.5 Å². The first-order chi connectivity index (χ1) is 8.18. The smallest absolute Gasteiger partial charge is 0.237 e. The van der Waals surface area contributed by atoms with Crippen LogP contribution >= 0.6 is 0 Å². The summed E-state index contributed by atoms with van der Waals surface area (Å²) in [4.78, 5) is 14.5. The highest BCUT2D eigenvalue weighted by Gasteiger charge is 2.29. The Bertz CT molecular complexity index is 263. The zero-order valence-electron chi connectivity index (χ0n) is 11.0. The fourth-order valence-electron chi connectivity index (χ4n) is 2.97. The third-order valence-electron chi connectivity index (χ3n) is 4.13. The van der Waals surface area contributed by atoms with Gasteiger partial charge in [0.2, 0.25) is 5.91 Å². The van der Waals surface area contributed by atoms with E-state index in [1.165, 1.54) is 12.8 Å². The number of hydrogen-bond donors (Lipinski definition) is 2. The molecule has 4 nitrogen and oxygen atoms in total. The zero-order valence-corrected chi connectivity index (χ0v) is 11.0. The molecule has 2 N–H and O–H groups in total. The van der Waals surface area contributed by atoms with Crippen LogP contribution in [0.25, 0.3) is 0 Å². The molecule has 2 rings (SSSR count). The van der Waals surface area contributed by atoms with Crippen LogP contribution in [0.3, 0.4) is 0 Å². The molecule has 0 aromatic heterocycles. The number of nitrogens with one attached hydrogen (secondary N) is 2. The molecule has 1 aliphatic heterocycles. The van der Waals surface area contributed by atoms with E-state index in [9.17, 15) is 4.79 Å². The molecule has 1 heterocycles. The van der Waals surface area contributed by atoms with Crippen LogP contribution in [0.4, 0.5) is 0 Å². The van der Waals surface area contributed by atoms with Crippen LogP contribution in [-0.4, -0.2) is 48.6 Å². The number of hydrogen-bond acceptors (Lipinski definition) is 3. The van der Waals surface area contributed by atoms with E-state index in [0.29, 0.717) is 12.1 Å². The van der Waals surface area contributed by atoms with Crippen molar-refractivity contribution in [1.29, 1.82) is 0 Å². The normalized spacial score (nSPS) is 29.2. The minimum Gasteiger partial charge on any atom is -0.352 e. The summed E-state index contributed by atoms with van der Waals surface area (Å²) >= 11 is 0. The Labute approximate surface area is 104 Å². The third kappa shape index (κ3) is 3.19. The van der Waals surface area contributed by atoms with Gasteiger partial charge in [-0.15, -0.1) is 0 Å². The predicted octanol–water partition coefficient (Wildman–Crippen LogP) is 0.727. The summed E-state index contributed by atoms with van der Waals surface area (Å²) in [5.74, 6) is 0.214. The molecule has 1 saturated carbocycles. The summed E-state index contributed by atoms with van der Waals surface area (Å²) in [5, 5.41) is 6.55. The fourth-order valence-corrected chi connectivity index (χ4v) is 2.97. The van der Waals surface area contributed by atoms with Gasteiger partial charge in [0.1, 0.15) is 0 Å². The summed E-state index contributed by atoms with van der Waals surface area (Å²) in [5.41, 5.74) is 0. The Morgan fingerprint density at radius 3 is 2.76 bits per heavy atom. The van der Waals surface area contributed by atoms with Gasteiger partial charge in [-0.05, 0) is 26.7 Å². The van der Waals surface area contributed by atoms with Crippen molar-refractivity contribution < 1.29 is 4.79 Å². The van der Waals surface area contributed by atoms with Gasteiger partial charge in [0, 0.05) is 31.7 Å². The highest BCUT2D eigenvalue weighted by atomic mass is 16.2. The zero-order chi connectivity index (χ0) is 12.3. The van der Waals surface area contributed by atoms with Crippen LogP contribution in [0.1, 0.15) is 39.5 Å². The van der Waals surface area contributed by atoms with Crippen molar-refractivity contribution in [2.24, 2.45) is 0 Å². The molecule has 0 aromatic carbocycles. The number of nitrogens with zero attached hydrogens (tertiary/aromatic N) is 1. The number of piperazine rings is 1. The van der Waals surface area contributed by atoms with E-state index < -0.39 is 0 Å². The molecule has 1 amide bonds. The van der Waals surface area contributed by atoms with E-state index in [2.05, 4.69) is 22.5 Å². The Hall–Kier alpha value is -0.610. The lowest BCUT2D eigenvalue weighted by molar-refractivity contribution is -0.127. The van der Waals surface area contributed by atoms with Gasteiger partial charge < -0.3 is 10.6 Å². The van der Waals surface area contributed by atoms with E-state index in [1.54, 1.807) is 0 Å². The van der Waals surface area contributed by atoms with Gasteiger partial charge >= 0.3 is 0 Å². The summed E-state index contributed by atoms with van der Waals surface area (Å²) < 4.78 is 0. The van der Waals surface area contributed by atoms with Crippen LogP contribution in [0.2, 0.25) is 0 Å². The molecule has 98 valence electrons. The Morgan fingerprint density at radius 2 is 2.12 bits per heavy atom. The lowest BCUT2D eigenvalue weighted by Gasteiger charge is -2.37. The lowest BCUT2D eigenvalue weighted by Crippen LogP contribution is -2.57. The average molecular weight is 239 g/mol. The molecule has 2 aliphatic rings. The molecule has 1 saturated heterocycles. The molecule has 2 unspecified atom stereocenters. The highest BCUT2D eigenvalue weighted by Crippen LogP contribution is 2.18. The van der Waals surface area contributed by atoms with Crippen molar-refractivity contribution in [3.63, 3.8) is 0 Å². The maximum atomic E-state index is 12.2. The highest BCUT2D eigenvalue weighted by molar-refractivity contribution is 5.81. The first-order valence-corrected chi connectivity index (χ1v) is 6.95.